The number of nitrogens with zero attached hydrogens (tertiary/aromatic N) is 1. The Hall–Kier alpha value is -2.57. The topological polar surface area (TPSA) is 67.9 Å². The number of rotatable bonds is 3. The zero-order valence-corrected chi connectivity index (χ0v) is 14.6. The SMILES string of the molecule is CC(C)(C)OC(=O)N1CC(F)=C[C@@H](NC(=O)OCc2ccccc2)C1. The first-order valence-corrected chi connectivity index (χ1v) is 8.04. The molecule has 0 saturated carbocycles. The number of hydrogen-bond acceptors (Lipinski definition) is 4. The van der Waals surface area contributed by atoms with Crippen LogP contribution in [0.5, 0.6) is 0 Å². The average Bonchev–Trinajstić information content (AvgIpc) is 2.52. The quantitative estimate of drug-likeness (QED) is 0.907. The predicted octanol–water partition coefficient (Wildman–Crippen LogP) is 3.39. The van der Waals surface area contributed by atoms with Gasteiger partial charge in [-0.1, -0.05) is 30.3 Å². The molecule has 25 heavy (non-hydrogen) atoms. The van der Waals surface area contributed by atoms with Gasteiger partial charge >= 0.3 is 12.2 Å². The normalized spacial score (nSPS) is 17.5. The molecule has 1 N–H and O–H groups in total. The first-order valence-electron chi connectivity index (χ1n) is 8.04. The number of amides is 2. The summed E-state index contributed by atoms with van der Waals surface area (Å²) in [6, 6.07) is 8.53. The third-order valence-electron chi connectivity index (χ3n) is 3.31. The lowest BCUT2D eigenvalue weighted by molar-refractivity contribution is 0.0232. The highest BCUT2D eigenvalue weighted by Gasteiger charge is 2.29. The Morgan fingerprint density at radius 3 is 2.60 bits per heavy atom. The molecule has 0 saturated heterocycles. The van der Waals surface area contributed by atoms with Crippen LogP contribution in [-0.4, -0.2) is 41.8 Å². The Labute approximate surface area is 146 Å². The molecule has 1 aliphatic rings. The fourth-order valence-electron chi connectivity index (χ4n) is 2.28. The van der Waals surface area contributed by atoms with Gasteiger partial charge in [0, 0.05) is 6.54 Å². The summed E-state index contributed by atoms with van der Waals surface area (Å²) in [7, 11) is 0. The molecule has 7 heteroatoms. The minimum atomic E-state index is -0.677. The summed E-state index contributed by atoms with van der Waals surface area (Å²) in [5, 5.41) is 2.54. The molecule has 1 heterocycles. The molecule has 1 atom stereocenters. The van der Waals surface area contributed by atoms with Crippen LogP contribution < -0.4 is 5.32 Å². The van der Waals surface area contributed by atoms with E-state index in [0.29, 0.717) is 0 Å². The van der Waals surface area contributed by atoms with Crippen LogP contribution in [0, 0.1) is 0 Å². The number of alkyl carbamates (subject to hydrolysis) is 1. The Bertz CT molecular complexity index is 640. The van der Waals surface area contributed by atoms with Crippen molar-refractivity contribution in [3.05, 3.63) is 47.8 Å². The highest BCUT2D eigenvalue weighted by atomic mass is 19.1. The summed E-state index contributed by atoms with van der Waals surface area (Å²) < 4.78 is 24.1. The summed E-state index contributed by atoms with van der Waals surface area (Å²) in [4.78, 5) is 25.2. The third kappa shape index (κ3) is 6.45. The third-order valence-corrected chi connectivity index (χ3v) is 3.31. The van der Waals surface area contributed by atoms with E-state index in [-0.39, 0.29) is 19.7 Å². The highest BCUT2D eigenvalue weighted by molar-refractivity contribution is 5.70. The maximum atomic E-state index is 13.8. The molecule has 0 bridgehead atoms. The molecule has 1 aliphatic heterocycles. The van der Waals surface area contributed by atoms with Crippen LogP contribution >= 0.6 is 0 Å². The Morgan fingerprint density at radius 2 is 1.96 bits per heavy atom. The molecule has 136 valence electrons. The molecule has 0 unspecified atom stereocenters. The standard InChI is InChI=1S/C18H23FN2O4/c1-18(2,3)25-17(23)21-10-14(19)9-15(11-21)20-16(22)24-12-13-7-5-4-6-8-13/h4-9,15H,10-12H2,1-3H3,(H,20,22)/t15-/m1/s1. The van der Waals surface area contributed by atoms with Gasteiger partial charge in [-0.05, 0) is 32.4 Å². The second kappa shape index (κ2) is 8.00. The number of benzene rings is 1. The van der Waals surface area contributed by atoms with Gasteiger partial charge in [-0.3, -0.25) is 4.90 Å². The van der Waals surface area contributed by atoms with E-state index in [2.05, 4.69) is 5.32 Å². The number of hydrogen-bond donors (Lipinski definition) is 1. The van der Waals surface area contributed by atoms with Crippen molar-refractivity contribution in [2.75, 3.05) is 13.1 Å². The monoisotopic (exact) mass is 350 g/mol. The van der Waals surface area contributed by atoms with E-state index >= 15 is 0 Å². The first-order chi connectivity index (χ1) is 11.7. The van der Waals surface area contributed by atoms with Crippen LogP contribution in [0.4, 0.5) is 14.0 Å². The summed E-state index contributed by atoms with van der Waals surface area (Å²) in [5.41, 5.74) is 0.171. The van der Waals surface area contributed by atoms with E-state index in [1.54, 1.807) is 20.8 Å². The second-order valence-corrected chi connectivity index (χ2v) is 6.79. The molecule has 2 rings (SSSR count). The molecule has 0 fully saturated rings. The molecule has 2 amide bonds. The fraction of sp³-hybridized carbons (Fsp3) is 0.444. The van der Waals surface area contributed by atoms with Gasteiger partial charge in [0.25, 0.3) is 0 Å². The highest BCUT2D eigenvalue weighted by Crippen LogP contribution is 2.16. The van der Waals surface area contributed by atoms with Gasteiger partial charge in [0.2, 0.25) is 0 Å². The van der Waals surface area contributed by atoms with E-state index in [1.165, 1.54) is 11.0 Å². The Morgan fingerprint density at radius 1 is 1.28 bits per heavy atom. The summed E-state index contributed by atoms with van der Waals surface area (Å²) in [5.74, 6) is -0.509. The van der Waals surface area contributed by atoms with Crippen LogP contribution in [-0.2, 0) is 16.1 Å². The number of carbonyl (C=O) groups excluding carboxylic acids is 2. The van der Waals surface area contributed by atoms with E-state index in [9.17, 15) is 14.0 Å². The van der Waals surface area contributed by atoms with Crippen LogP contribution in [0.3, 0.4) is 0 Å². The second-order valence-electron chi connectivity index (χ2n) is 6.79. The molecule has 6 nitrogen and oxygen atoms in total. The van der Waals surface area contributed by atoms with Crippen LogP contribution in [0.2, 0.25) is 0 Å². The van der Waals surface area contributed by atoms with Crippen molar-refractivity contribution in [1.29, 1.82) is 0 Å². The molecule has 0 spiro atoms. The van der Waals surface area contributed by atoms with Crippen molar-refractivity contribution < 1.29 is 23.5 Å². The molecule has 1 aromatic carbocycles. The first kappa shape index (κ1) is 18.8. The van der Waals surface area contributed by atoms with Gasteiger partial charge in [-0.15, -0.1) is 0 Å². The predicted molar refractivity (Wildman–Crippen MR) is 90.5 cm³/mol. The maximum absolute atomic E-state index is 13.8. The van der Waals surface area contributed by atoms with E-state index in [4.69, 9.17) is 9.47 Å². The Balaban J connectivity index is 1.87. The average molecular weight is 350 g/mol. The smallest absolute Gasteiger partial charge is 0.410 e. The maximum Gasteiger partial charge on any atom is 0.410 e. The van der Waals surface area contributed by atoms with Crippen molar-refractivity contribution >= 4 is 12.2 Å². The van der Waals surface area contributed by atoms with E-state index in [1.807, 2.05) is 30.3 Å². The van der Waals surface area contributed by atoms with Gasteiger partial charge in [0.05, 0.1) is 12.6 Å². The molecule has 0 aromatic heterocycles. The summed E-state index contributed by atoms with van der Waals surface area (Å²) >= 11 is 0. The Kier molecular flexibility index (Phi) is 6.01. The zero-order valence-electron chi connectivity index (χ0n) is 14.6. The molecular formula is C18H23FN2O4. The van der Waals surface area contributed by atoms with Gasteiger partial charge in [-0.2, -0.15) is 0 Å². The lowest BCUT2D eigenvalue weighted by Crippen LogP contribution is -2.49. The lowest BCUT2D eigenvalue weighted by Gasteiger charge is -2.32. The minimum Gasteiger partial charge on any atom is -0.445 e. The number of carbonyl (C=O) groups is 2. The molecule has 0 aliphatic carbocycles. The summed E-state index contributed by atoms with van der Waals surface area (Å²) in [6.07, 6.45) is -0.0332. The molecule has 0 radical (unpaired) electrons. The van der Waals surface area contributed by atoms with E-state index < -0.39 is 29.7 Å². The van der Waals surface area contributed by atoms with Crippen LogP contribution in [0.1, 0.15) is 26.3 Å². The number of ether oxygens (including phenoxy) is 2. The van der Waals surface area contributed by atoms with Crippen molar-refractivity contribution in [2.24, 2.45) is 0 Å². The number of nitrogens with one attached hydrogen (secondary N) is 1. The zero-order chi connectivity index (χ0) is 18.4. The van der Waals surface area contributed by atoms with Crippen molar-refractivity contribution in [1.82, 2.24) is 10.2 Å². The van der Waals surface area contributed by atoms with Crippen LogP contribution in [0.15, 0.2) is 42.2 Å². The van der Waals surface area contributed by atoms with Crippen molar-refractivity contribution in [3.8, 4) is 0 Å². The van der Waals surface area contributed by atoms with Gasteiger partial charge in [0.1, 0.15) is 18.0 Å². The van der Waals surface area contributed by atoms with Crippen molar-refractivity contribution in [3.63, 3.8) is 0 Å². The molecular weight excluding hydrogens is 327 g/mol. The summed E-state index contributed by atoms with van der Waals surface area (Å²) in [6.45, 7) is 5.25. The van der Waals surface area contributed by atoms with Gasteiger partial charge < -0.3 is 14.8 Å². The van der Waals surface area contributed by atoms with Gasteiger partial charge in [0.15, 0.2) is 0 Å². The minimum absolute atomic E-state index is 0.112. The van der Waals surface area contributed by atoms with Gasteiger partial charge in [-0.25, -0.2) is 14.0 Å². The largest absolute Gasteiger partial charge is 0.445 e. The lowest BCUT2D eigenvalue weighted by atomic mass is 10.1. The van der Waals surface area contributed by atoms with Crippen molar-refractivity contribution in [2.45, 2.75) is 39.0 Å². The molecule has 1 aromatic rings. The van der Waals surface area contributed by atoms with E-state index in [0.717, 1.165) is 5.56 Å². The van der Waals surface area contributed by atoms with Crippen LogP contribution in [0.25, 0.3) is 0 Å². The fourth-order valence-corrected chi connectivity index (χ4v) is 2.28. The number of halogens is 1.